The van der Waals surface area contributed by atoms with Crippen LogP contribution in [0.4, 0.5) is 0 Å². The molecule has 0 heterocycles. The lowest BCUT2D eigenvalue weighted by atomic mass is 10.1. The summed E-state index contributed by atoms with van der Waals surface area (Å²) in [5, 5.41) is 18.6. The Labute approximate surface area is 95.9 Å². The first-order chi connectivity index (χ1) is 7.22. The second kappa shape index (κ2) is 6.80. The molecule has 16 heavy (non-hydrogen) atoms. The van der Waals surface area contributed by atoms with E-state index in [0.29, 0.717) is 25.8 Å². The van der Waals surface area contributed by atoms with E-state index in [0.717, 1.165) is 5.23 Å². The van der Waals surface area contributed by atoms with Gasteiger partial charge in [-0.1, -0.05) is 5.23 Å². The molecule has 0 amide bonds. The Kier molecular flexibility index (Phi) is 6.51. The van der Waals surface area contributed by atoms with Crippen LogP contribution in [0.2, 0.25) is 0 Å². The molecule has 1 atom stereocenters. The molecule has 0 bridgehead atoms. The maximum Gasteiger partial charge on any atom is 0.320 e. The summed E-state index contributed by atoms with van der Waals surface area (Å²) in [5.41, 5.74) is 4.89. The van der Waals surface area contributed by atoms with Gasteiger partial charge in [0, 0.05) is 0 Å². The van der Waals surface area contributed by atoms with Gasteiger partial charge in [0.2, 0.25) is 0 Å². The van der Waals surface area contributed by atoms with Crippen LogP contribution >= 0.6 is 0 Å². The van der Waals surface area contributed by atoms with Crippen molar-refractivity contribution in [3.05, 3.63) is 0 Å². The normalized spacial score (nSPS) is 14.1. The van der Waals surface area contributed by atoms with Gasteiger partial charge >= 0.3 is 5.97 Å². The summed E-state index contributed by atoms with van der Waals surface area (Å²) in [5.74, 6) is -0.994. The average Bonchev–Trinajstić information content (AvgIpc) is 2.08. The van der Waals surface area contributed by atoms with Crippen LogP contribution in [-0.4, -0.2) is 39.7 Å². The molecule has 0 fully saturated rings. The number of carboxylic acid groups (broad SMARTS) is 1. The highest BCUT2D eigenvalue weighted by atomic mass is 16.9. The first-order valence-corrected chi connectivity index (χ1v) is 5.36. The fraction of sp³-hybridized carbons (Fsp3) is 0.900. The number of carbonyl (C=O) groups is 1. The number of hydrogen-bond donors (Lipinski definition) is 3. The van der Waals surface area contributed by atoms with Crippen LogP contribution in [0.15, 0.2) is 0 Å². The van der Waals surface area contributed by atoms with E-state index in [2.05, 4.69) is 0 Å². The number of hydroxylamine groups is 2. The van der Waals surface area contributed by atoms with E-state index in [1.807, 2.05) is 20.8 Å². The van der Waals surface area contributed by atoms with Crippen molar-refractivity contribution in [3.8, 4) is 0 Å². The van der Waals surface area contributed by atoms with E-state index in [9.17, 15) is 10.0 Å². The van der Waals surface area contributed by atoms with Crippen LogP contribution in [0.5, 0.6) is 0 Å². The first kappa shape index (κ1) is 15.3. The molecule has 0 aromatic carbocycles. The molecule has 0 aliphatic carbocycles. The van der Waals surface area contributed by atoms with Crippen molar-refractivity contribution in [1.82, 2.24) is 5.23 Å². The zero-order chi connectivity index (χ0) is 12.8. The van der Waals surface area contributed by atoms with Crippen LogP contribution in [0.1, 0.15) is 40.0 Å². The van der Waals surface area contributed by atoms with Gasteiger partial charge in [-0.2, -0.15) is 0 Å². The molecule has 0 saturated heterocycles. The highest BCUT2D eigenvalue weighted by Gasteiger charge is 2.15. The minimum Gasteiger partial charge on any atom is -0.480 e. The van der Waals surface area contributed by atoms with Crippen molar-refractivity contribution in [2.45, 2.75) is 51.7 Å². The number of unbranched alkanes of at least 4 members (excludes halogenated alkanes) is 1. The van der Waals surface area contributed by atoms with E-state index in [1.165, 1.54) is 0 Å². The van der Waals surface area contributed by atoms with Gasteiger partial charge in [0.25, 0.3) is 0 Å². The van der Waals surface area contributed by atoms with E-state index in [1.54, 1.807) is 0 Å². The molecular formula is C10H22N2O4. The number of nitrogens with two attached hydrogens (primary N) is 1. The monoisotopic (exact) mass is 234 g/mol. The Morgan fingerprint density at radius 3 is 2.44 bits per heavy atom. The van der Waals surface area contributed by atoms with Gasteiger partial charge in [0.1, 0.15) is 6.04 Å². The topological polar surface area (TPSA) is 96.0 Å². The largest absolute Gasteiger partial charge is 0.480 e. The summed E-state index contributed by atoms with van der Waals surface area (Å²) in [4.78, 5) is 15.5. The lowest BCUT2D eigenvalue weighted by Gasteiger charge is -2.24. The van der Waals surface area contributed by atoms with Crippen molar-refractivity contribution < 1.29 is 19.9 Å². The number of rotatable bonds is 7. The fourth-order valence-corrected chi connectivity index (χ4v) is 1.10. The van der Waals surface area contributed by atoms with Crippen molar-refractivity contribution in [1.29, 1.82) is 0 Å². The molecule has 0 radical (unpaired) electrons. The molecule has 0 spiro atoms. The molecule has 96 valence electrons. The number of nitrogens with zero attached hydrogens (tertiary/aromatic N) is 1. The van der Waals surface area contributed by atoms with Gasteiger partial charge in [-0.3, -0.25) is 14.8 Å². The first-order valence-electron chi connectivity index (χ1n) is 5.36. The predicted octanol–water partition coefficient (Wildman–Crippen LogP) is 0.990. The second-order valence-electron chi connectivity index (χ2n) is 4.72. The predicted molar refractivity (Wildman–Crippen MR) is 58.8 cm³/mol. The summed E-state index contributed by atoms with van der Waals surface area (Å²) in [7, 11) is 0. The Bertz CT molecular complexity index is 215. The standard InChI is InChI=1S/C10H22N2O4/c1-10(2,3)16-12(15)7-5-4-6-8(11)9(13)14/h8,15H,4-7,11H2,1-3H3,(H,13,14)/t8-/m0/s1. The Balaban J connectivity index is 3.56. The average molecular weight is 234 g/mol. The van der Waals surface area contributed by atoms with Gasteiger partial charge in [0.15, 0.2) is 0 Å². The van der Waals surface area contributed by atoms with Crippen LogP contribution in [-0.2, 0) is 9.63 Å². The van der Waals surface area contributed by atoms with Gasteiger partial charge in [-0.15, -0.1) is 0 Å². The van der Waals surface area contributed by atoms with Crippen LogP contribution in [0.3, 0.4) is 0 Å². The maximum atomic E-state index is 10.4. The SMILES string of the molecule is CC(C)(C)ON(O)CCCC[C@H](N)C(=O)O. The summed E-state index contributed by atoms with van der Waals surface area (Å²) < 4.78 is 0. The molecule has 0 aliphatic heterocycles. The molecule has 6 heteroatoms. The maximum absolute atomic E-state index is 10.4. The second-order valence-corrected chi connectivity index (χ2v) is 4.72. The van der Waals surface area contributed by atoms with Crippen molar-refractivity contribution in [2.24, 2.45) is 5.73 Å². The summed E-state index contributed by atoms with van der Waals surface area (Å²) in [6.45, 7) is 5.83. The van der Waals surface area contributed by atoms with E-state index >= 15 is 0 Å². The third-order valence-electron chi connectivity index (χ3n) is 1.81. The zero-order valence-electron chi connectivity index (χ0n) is 10.1. The summed E-state index contributed by atoms with van der Waals surface area (Å²) >= 11 is 0. The lowest BCUT2D eigenvalue weighted by molar-refractivity contribution is -0.378. The molecule has 0 rings (SSSR count). The van der Waals surface area contributed by atoms with Gasteiger partial charge in [-0.25, -0.2) is 0 Å². The van der Waals surface area contributed by atoms with Gasteiger partial charge in [-0.05, 0) is 40.0 Å². The molecule has 0 aromatic rings. The van der Waals surface area contributed by atoms with Crippen molar-refractivity contribution >= 4 is 5.97 Å². The molecule has 0 saturated carbocycles. The highest BCUT2D eigenvalue weighted by molar-refractivity contribution is 5.72. The Morgan fingerprint density at radius 1 is 1.44 bits per heavy atom. The lowest BCUT2D eigenvalue weighted by Crippen LogP contribution is -2.33. The third kappa shape index (κ3) is 8.60. The number of hydrogen-bond acceptors (Lipinski definition) is 5. The Hall–Kier alpha value is -0.690. The molecule has 6 nitrogen and oxygen atoms in total. The fourth-order valence-electron chi connectivity index (χ4n) is 1.10. The van der Waals surface area contributed by atoms with Gasteiger partial charge < -0.3 is 10.8 Å². The summed E-state index contributed by atoms with van der Waals surface area (Å²) in [6.07, 6.45) is 1.67. The molecule has 4 N–H and O–H groups in total. The van der Waals surface area contributed by atoms with Crippen LogP contribution in [0.25, 0.3) is 0 Å². The smallest absolute Gasteiger partial charge is 0.320 e. The Morgan fingerprint density at radius 2 is 2.00 bits per heavy atom. The minimum atomic E-state index is -0.994. The molecule has 0 unspecified atom stereocenters. The molecule has 0 aromatic heterocycles. The van der Waals surface area contributed by atoms with Crippen LogP contribution < -0.4 is 5.73 Å². The zero-order valence-corrected chi connectivity index (χ0v) is 10.1. The van der Waals surface area contributed by atoms with Crippen LogP contribution in [0, 0.1) is 0 Å². The van der Waals surface area contributed by atoms with Crippen molar-refractivity contribution in [3.63, 3.8) is 0 Å². The van der Waals surface area contributed by atoms with E-state index in [4.69, 9.17) is 15.7 Å². The van der Waals surface area contributed by atoms with E-state index in [-0.39, 0.29) is 0 Å². The van der Waals surface area contributed by atoms with Gasteiger partial charge in [0.05, 0.1) is 12.1 Å². The number of aliphatic carboxylic acids is 1. The third-order valence-corrected chi connectivity index (χ3v) is 1.81. The number of carboxylic acids is 1. The molecule has 0 aliphatic rings. The molecular weight excluding hydrogens is 212 g/mol. The van der Waals surface area contributed by atoms with E-state index < -0.39 is 17.6 Å². The summed E-state index contributed by atoms with van der Waals surface area (Å²) in [6, 6.07) is -0.823. The minimum absolute atomic E-state index is 0.337. The quantitative estimate of drug-likeness (QED) is 0.449. The highest BCUT2D eigenvalue weighted by Crippen LogP contribution is 2.09. The van der Waals surface area contributed by atoms with Crippen molar-refractivity contribution in [2.75, 3.05) is 6.54 Å².